The number of aromatic nitrogens is 16. The summed E-state index contributed by atoms with van der Waals surface area (Å²) in [5.41, 5.74) is 10.0. The lowest BCUT2D eigenvalue weighted by molar-refractivity contribution is 0.567. The molecule has 12 aromatic rings. The number of pyridine rings is 1. The van der Waals surface area contributed by atoms with Gasteiger partial charge in [-0.1, -0.05) is 52.0 Å². The van der Waals surface area contributed by atoms with Crippen molar-refractivity contribution in [1.82, 2.24) is 79.9 Å². The highest BCUT2D eigenvalue weighted by Gasteiger charge is 2.28. The highest BCUT2D eigenvalue weighted by molar-refractivity contribution is 7.17. The molecule has 10 heterocycles. The van der Waals surface area contributed by atoms with Crippen molar-refractivity contribution in [1.29, 1.82) is 0 Å². The summed E-state index contributed by atoms with van der Waals surface area (Å²) in [5.74, 6) is 4.52. The maximum Gasteiger partial charge on any atom is 0.231 e. The average Bonchev–Trinajstić information content (AvgIpc) is 4.39. The quantitative estimate of drug-likeness (QED) is 0.0866. The summed E-state index contributed by atoms with van der Waals surface area (Å²) >= 11 is 3.24. The lowest BCUT2D eigenvalue weighted by atomic mass is 10.0. The van der Waals surface area contributed by atoms with Gasteiger partial charge in [0.1, 0.15) is 57.6 Å². The predicted molar refractivity (Wildman–Crippen MR) is 306 cm³/mol. The van der Waals surface area contributed by atoms with E-state index < -0.39 is 0 Å². The number of thiophene rings is 2. The van der Waals surface area contributed by atoms with E-state index in [1.165, 1.54) is 50.4 Å². The number of rotatable bonds is 15. The van der Waals surface area contributed by atoms with Crippen LogP contribution in [0, 0.1) is 6.92 Å². The molecule has 0 bridgehead atoms. The van der Waals surface area contributed by atoms with Crippen LogP contribution in [0.3, 0.4) is 0 Å². The van der Waals surface area contributed by atoms with E-state index in [4.69, 9.17) is 4.42 Å². The first kappa shape index (κ1) is 49.7. The fraction of sp³-hybridized carbons (Fsp3) is 0.281. The molecule has 79 heavy (non-hydrogen) atoms. The van der Waals surface area contributed by atoms with Gasteiger partial charge in [0.2, 0.25) is 5.71 Å². The fourth-order valence-corrected chi connectivity index (χ4v) is 10.7. The molecule has 10 aromatic heterocycles. The summed E-state index contributed by atoms with van der Waals surface area (Å²) in [6, 6.07) is 27.7. The zero-order valence-corrected chi connectivity index (χ0v) is 45.4. The van der Waals surface area contributed by atoms with Crippen molar-refractivity contribution in [3.63, 3.8) is 0 Å². The number of hydrogen-bond donors (Lipinski definition) is 3. The highest BCUT2D eigenvalue weighted by Crippen LogP contribution is 2.40. The van der Waals surface area contributed by atoms with E-state index in [-0.39, 0.29) is 18.1 Å². The summed E-state index contributed by atoms with van der Waals surface area (Å²) < 4.78 is 11.2. The van der Waals surface area contributed by atoms with Gasteiger partial charge >= 0.3 is 0 Å². The van der Waals surface area contributed by atoms with Crippen molar-refractivity contribution in [2.75, 3.05) is 16.0 Å². The third-order valence-corrected chi connectivity index (χ3v) is 16.0. The van der Waals surface area contributed by atoms with Crippen molar-refractivity contribution >= 4 is 71.7 Å². The van der Waals surface area contributed by atoms with E-state index in [0.717, 1.165) is 94.3 Å². The summed E-state index contributed by atoms with van der Waals surface area (Å²) in [6.45, 7) is 8.23. The molecule has 20 nitrogen and oxygen atoms in total. The third-order valence-electron chi connectivity index (χ3n) is 14.3. The molecule has 0 aliphatic heterocycles. The largest absolute Gasteiger partial charge is 0.443 e. The molecule has 2 aromatic carbocycles. The third kappa shape index (κ3) is 11.1. The zero-order chi connectivity index (χ0) is 53.4. The van der Waals surface area contributed by atoms with Crippen LogP contribution in [-0.4, -0.2) is 79.9 Å². The molecule has 0 amide bonds. The van der Waals surface area contributed by atoms with Crippen molar-refractivity contribution < 1.29 is 4.42 Å². The number of hydrogen-bond acceptors (Lipinski definition) is 19. The predicted octanol–water partition coefficient (Wildman–Crippen LogP) is 12.3. The van der Waals surface area contributed by atoms with Crippen LogP contribution in [0.5, 0.6) is 0 Å². The molecule has 0 saturated heterocycles. The number of furan rings is 1. The zero-order valence-electron chi connectivity index (χ0n) is 43.8. The molecule has 3 saturated carbocycles. The smallest absolute Gasteiger partial charge is 0.231 e. The summed E-state index contributed by atoms with van der Waals surface area (Å²) in [5, 5.41) is 43.0. The van der Waals surface area contributed by atoms with E-state index in [9.17, 15) is 0 Å². The SMILES string of the molecule is CC(Nc1ncnc2sccc12)c1ccc(-c2cn(C3CC3)nn2)cc1.CC(Nc1ncnc2sccc12)c1ccc(-n2cc(C3CC3)nn2)cn1.Cc1cc2c(NC(C)c3ccc(-n4cc(C5CC5)nn4)cc3)ncnc2o1. The average molecular weight is 1090 g/mol. The molecule has 396 valence electrons. The topological polar surface area (TPSA) is 232 Å². The van der Waals surface area contributed by atoms with Crippen LogP contribution in [0.4, 0.5) is 17.5 Å². The molecule has 3 N–H and O–H groups in total. The van der Waals surface area contributed by atoms with Crippen molar-refractivity contribution in [3.05, 3.63) is 167 Å². The van der Waals surface area contributed by atoms with Crippen LogP contribution in [-0.2, 0) is 0 Å². The van der Waals surface area contributed by atoms with Gasteiger partial charge in [0.05, 0.1) is 81.5 Å². The van der Waals surface area contributed by atoms with Gasteiger partial charge in [0.25, 0.3) is 0 Å². The lowest BCUT2D eigenvalue weighted by Crippen LogP contribution is -2.10. The molecule has 0 radical (unpaired) electrons. The standard InChI is InChI=1S/C20H20N6O.C19H18N6S.C18H17N7S/c1-12-9-17-19(21-11-22-20(17)27-12)23-13(2)14-5-7-16(8-6-14)26-10-18(24-25-26)15-3-4-15;1-12(22-18-16-8-9-26-19(16)21-11-20-18)13-2-4-14(5-3-13)17-10-25(24-23-17)15-6-7-15;1-11(22-17-14-6-7-26-18(14)21-10-20-17)15-5-4-13(8-19-15)25-9-16(23-24-25)12-2-3-12/h5-11,13,15H,3-4H2,1-2H3,(H,21,22,23);2-5,8-12,15H,6-7H2,1H3,(H,20,21,22);4-12H,2-3H2,1H3,(H,20,21,22). The first-order valence-electron chi connectivity index (χ1n) is 26.5. The summed E-state index contributed by atoms with van der Waals surface area (Å²) in [7, 11) is 0. The first-order chi connectivity index (χ1) is 38.7. The molecule has 3 fully saturated rings. The Bertz CT molecular complexity index is 3850. The number of fused-ring (bicyclic) bond motifs is 3. The second-order valence-electron chi connectivity index (χ2n) is 20.3. The van der Waals surface area contributed by atoms with Crippen molar-refractivity contribution in [3.8, 4) is 22.6 Å². The van der Waals surface area contributed by atoms with Crippen LogP contribution in [0.1, 0.15) is 129 Å². The number of benzene rings is 2. The fourth-order valence-electron chi connectivity index (χ4n) is 9.27. The Morgan fingerprint density at radius 2 is 1.08 bits per heavy atom. The van der Waals surface area contributed by atoms with Gasteiger partial charge in [-0.25, -0.2) is 43.9 Å². The minimum Gasteiger partial charge on any atom is -0.443 e. The Hall–Kier alpha value is -8.89. The molecular formula is C57H55N19OS2. The monoisotopic (exact) mass is 1090 g/mol. The maximum absolute atomic E-state index is 5.58. The van der Waals surface area contributed by atoms with E-state index in [1.54, 1.807) is 40.0 Å². The number of anilines is 3. The second kappa shape index (κ2) is 21.5. The van der Waals surface area contributed by atoms with Gasteiger partial charge in [0.15, 0.2) is 0 Å². The van der Waals surface area contributed by atoms with Gasteiger partial charge in [-0.05, 0) is 131 Å². The lowest BCUT2D eigenvalue weighted by Gasteiger charge is -2.15. The summed E-state index contributed by atoms with van der Waals surface area (Å²) in [6.07, 6.45) is 20.0. The molecule has 0 spiro atoms. The van der Waals surface area contributed by atoms with E-state index in [0.29, 0.717) is 23.6 Å². The van der Waals surface area contributed by atoms with Crippen LogP contribution in [0.2, 0.25) is 0 Å². The van der Waals surface area contributed by atoms with Gasteiger partial charge in [-0.2, -0.15) is 0 Å². The van der Waals surface area contributed by atoms with Gasteiger partial charge < -0.3 is 20.4 Å². The molecule has 3 atom stereocenters. The highest BCUT2D eigenvalue weighted by atomic mass is 32.1. The Labute approximate surface area is 461 Å². The molecule has 3 aliphatic rings. The van der Waals surface area contributed by atoms with Crippen LogP contribution < -0.4 is 16.0 Å². The van der Waals surface area contributed by atoms with Crippen molar-refractivity contribution in [2.24, 2.45) is 0 Å². The normalized spacial score (nSPS) is 15.2. The van der Waals surface area contributed by atoms with Crippen molar-refractivity contribution in [2.45, 2.75) is 102 Å². The van der Waals surface area contributed by atoms with Crippen LogP contribution >= 0.6 is 22.7 Å². The molecule has 15 rings (SSSR count). The Morgan fingerprint density at radius 1 is 0.532 bits per heavy atom. The Morgan fingerprint density at radius 3 is 1.65 bits per heavy atom. The minimum atomic E-state index is 0.0276. The first-order valence-corrected chi connectivity index (χ1v) is 28.3. The van der Waals surface area contributed by atoms with Gasteiger partial charge in [-0.3, -0.25) is 4.98 Å². The second-order valence-corrected chi connectivity index (χ2v) is 22.1. The van der Waals surface area contributed by atoms with Crippen LogP contribution in [0.25, 0.3) is 54.2 Å². The number of aryl methyl sites for hydroxylation is 1. The van der Waals surface area contributed by atoms with Gasteiger partial charge in [0, 0.05) is 29.5 Å². The Kier molecular flexibility index (Phi) is 13.5. The van der Waals surface area contributed by atoms with E-state index in [2.05, 4.69) is 157 Å². The Balaban J connectivity index is 0.000000112. The van der Waals surface area contributed by atoms with Gasteiger partial charge in [-0.15, -0.1) is 38.0 Å². The van der Waals surface area contributed by atoms with Crippen LogP contribution in [0.15, 0.2) is 138 Å². The summed E-state index contributed by atoms with van der Waals surface area (Å²) in [4.78, 5) is 32.5. The molecular weight excluding hydrogens is 1030 g/mol. The molecule has 3 aliphatic carbocycles. The van der Waals surface area contributed by atoms with E-state index >= 15 is 0 Å². The molecule has 3 unspecified atom stereocenters. The number of nitrogens with one attached hydrogen (secondary N) is 3. The molecule has 22 heteroatoms. The van der Waals surface area contributed by atoms with E-state index in [1.807, 2.05) is 76.1 Å². The maximum atomic E-state index is 5.58. The number of nitrogens with zero attached hydrogens (tertiary/aromatic N) is 16. The minimum absolute atomic E-state index is 0.0276.